The Morgan fingerprint density at radius 1 is 1.03 bits per heavy atom. The molecule has 0 aliphatic rings. The first-order chi connectivity index (χ1) is 15.0. The molecule has 0 saturated carbocycles. The highest BCUT2D eigenvalue weighted by molar-refractivity contribution is 6.09. The van der Waals surface area contributed by atoms with E-state index in [0.29, 0.717) is 5.69 Å². The third-order valence-electron chi connectivity index (χ3n) is 5.24. The van der Waals surface area contributed by atoms with Crippen LogP contribution in [-0.4, -0.2) is 10.5 Å². The van der Waals surface area contributed by atoms with Crippen LogP contribution in [0.15, 0.2) is 78.4 Å². The normalized spacial score (nSPS) is 11.4. The summed E-state index contributed by atoms with van der Waals surface area (Å²) in [7, 11) is 0. The molecule has 0 saturated heterocycles. The van der Waals surface area contributed by atoms with Gasteiger partial charge in [-0.3, -0.25) is 4.79 Å². The van der Waals surface area contributed by atoms with Crippen molar-refractivity contribution in [2.24, 2.45) is 0 Å². The summed E-state index contributed by atoms with van der Waals surface area (Å²) in [6.45, 7) is 3.96. The van der Waals surface area contributed by atoms with Gasteiger partial charge in [0, 0.05) is 22.5 Å². The van der Waals surface area contributed by atoms with Crippen molar-refractivity contribution < 1.29 is 9.18 Å². The van der Waals surface area contributed by atoms with E-state index in [1.165, 1.54) is 24.3 Å². The minimum Gasteiger partial charge on any atom is -0.321 e. The molecule has 1 aromatic heterocycles. The van der Waals surface area contributed by atoms with Crippen LogP contribution in [0.2, 0.25) is 0 Å². The van der Waals surface area contributed by atoms with E-state index in [1.54, 1.807) is 6.08 Å². The predicted molar refractivity (Wildman–Crippen MR) is 121 cm³/mol. The Hall–Kier alpha value is -4.17. The molecule has 1 heterocycles. The van der Waals surface area contributed by atoms with E-state index in [9.17, 15) is 14.4 Å². The quantitative estimate of drug-likeness (QED) is 0.335. The lowest BCUT2D eigenvalue weighted by atomic mass is 10.1. The Labute approximate surface area is 179 Å². The summed E-state index contributed by atoms with van der Waals surface area (Å²) < 4.78 is 15.2. The molecular weight excluding hydrogens is 389 g/mol. The van der Waals surface area contributed by atoms with Crippen LogP contribution in [0.25, 0.3) is 22.5 Å². The molecule has 0 aliphatic heterocycles. The molecular formula is C26H20FN3O. The molecule has 1 amide bonds. The first-order valence-corrected chi connectivity index (χ1v) is 9.83. The van der Waals surface area contributed by atoms with Crippen LogP contribution in [-0.2, 0) is 4.79 Å². The lowest BCUT2D eigenvalue weighted by molar-refractivity contribution is -0.112. The summed E-state index contributed by atoms with van der Waals surface area (Å²) in [5.41, 5.74) is 4.15. The number of hydrogen-bond acceptors (Lipinski definition) is 2. The van der Waals surface area contributed by atoms with Crippen molar-refractivity contribution in [1.29, 1.82) is 5.26 Å². The van der Waals surface area contributed by atoms with Crippen molar-refractivity contribution >= 4 is 28.4 Å². The van der Waals surface area contributed by atoms with Gasteiger partial charge in [0.1, 0.15) is 17.5 Å². The molecule has 152 valence electrons. The smallest absolute Gasteiger partial charge is 0.266 e. The maximum atomic E-state index is 13.1. The number of fused-ring (bicyclic) bond motifs is 1. The maximum absolute atomic E-state index is 13.1. The molecule has 3 aromatic carbocycles. The van der Waals surface area contributed by atoms with E-state index in [-0.39, 0.29) is 5.57 Å². The summed E-state index contributed by atoms with van der Waals surface area (Å²) in [4.78, 5) is 12.6. The number of amides is 1. The molecule has 0 radical (unpaired) electrons. The van der Waals surface area contributed by atoms with E-state index in [2.05, 4.69) is 34.1 Å². The monoisotopic (exact) mass is 409 g/mol. The first-order valence-electron chi connectivity index (χ1n) is 9.83. The second kappa shape index (κ2) is 8.29. The van der Waals surface area contributed by atoms with Gasteiger partial charge in [0.05, 0.1) is 5.69 Å². The van der Waals surface area contributed by atoms with Gasteiger partial charge in [0.15, 0.2) is 0 Å². The zero-order valence-corrected chi connectivity index (χ0v) is 17.2. The lowest BCUT2D eigenvalue weighted by Gasteiger charge is -2.13. The number of benzene rings is 3. The molecule has 5 heteroatoms. The molecule has 4 rings (SSSR count). The molecule has 4 nitrogen and oxygen atoms in total. The summed E-state index contributed by atoms with van der Waals surface area (Å²) >= 11 is 0. The van der Waals surface area contributed by atoms with Gasteiger partial charge < -0.3 is 9.88 Å². The number of aryl methyl sites for hydroxylation is 1. The van der Waals surface area contributed by atoms with Crippen LogP contribution in [0.1, 0.15) is 17.0 Å². The van der Waals surface area contributed by atoms with Crippen molar-refractivity contribution in [2.75, 3.05) is 5.32 Å². The highest BCUT2D eigenvalue weighted by Crippen LogP contribution is 2.28. The Morgan fingerprint density at radius 3 is 2.48 bits per heavy atom. The van der Waals surface area contributed by atoms with Gasteiger partial charge in [-0.05, 0) is 67.3 Å². The van der Waals surface area contributed by atoms with Gasteiger partial charge in [0.25, 0.3) is 5.91 Å². The molecule has 0 fully saturated rings. The van der Waals surface area contributed by atoms with Gasteiger partial charge in [-0.1, -0.05) is 36.4 Å². The zero-order chi connectivity index (χ0) is 22.0. The van der Waals surface area contributed by atoms with Gasteiger partial charge >= 0.3 is 0 Å². The largest absolute Gasteiger partial charge is 0.321 e. The number of rotatable bonds is 4. The zero-order valence-electron chi connectivity index (χ0n) is 17.2. The summed E-state index contributed by atoms with van der Waals surface area (Å²) in [6.07, 6.45) is 1.59. The van der Waals surface area contributed by atoms with Crippen LogP contribution >= 0.6 is 0 Å². The first kappa shape index (κ1) is 20.1. The number of nitrogens with one attached hydrogen (secondary N) is 1. The van der Waals surface area contributed by atoms with Crippen molar-refractivity contribution in [3.8, 4) is 11.8 Å². The van der Waals surface area contributed by atoms with Crippen molar-refractivity contribution in [3.05, 3.63) is 101 Å². The lowest BCUT2D eigenvalue weighted by Crippen LogP contribution is -2.13. The van der Waals surface area contributed by atoms with Gasteiger partial charge in [-0.2, -0.15) is 5.26 Å². The second-order valence-corrected chi connectivity index (χ2v) is 7.29. The van der Waals surface area contributed by atoms with Crippen LogP contribution in [0, 0.1) is 31.0 Å². The molecule has 0 aliphatic carbocycles. The Balaban J connectivity index is 1.72. The number of nitrogens with zero attached hydrogens (tertiary/aromatic N) is 2. The molecule has 4 aromatic rings. The third-order valence-corrected chi connectivity index (χ3v) is 5.24. The average molecular weight is 409 g/mol. The SMILES string of the molecule is Cc1cc(/C=C(/C#N)C(=O)Nc2ccc(F)cc2)c(C)n1-c1cccc2ccccc12. The molecule has 1 N–H and O–H groups in total. The van der Waals surface area contributed by atoms with E-state index < -0.39 is 11.7 Å². The molecule has 0 unspecified atom stereocenters. The van der Waals surface area contributed by atoms with E-state index in [0.717, 1.165) is 33.4 Å². The average Bonchev–Trinajstić information content (AvgIpc) is 3.05. The van der Waals surface area contributed by atoms with Crippen molar-refractivity contribution in [3.63, 3.8) is 0 Å². The fourth-order valence-corrected chi connectivity index (χ4v) is 3.74. The summed E-state index contributed by atoms with van der Waals surface area (Å²) in [6, 6.07) is 23.7. The highest BCUT2D eigenvalue weighted by Gasteiger charge is 2.15. The fourth-order valence-electron chi connectivity index (χ4n) is 3.74. The summed E-state index contributed by atoms with van der Waals surface area (Å²) in [5, 5.41) is 14.5. The number of anilines is 1. The number of nitriles is 1. The third kappa shape index (κ3) is 3.96. The van der Waals surface area contributed by atoms with Gasteiger partial charge in [-0.25, -0.2) is 4.39 Å². The Kier molecular flexibility index (Phi) is 5.38. The molecule has 0 spiro atoms. The number of carbonyl (C=O) groups is 1. The standard InChI is InChI=1S/C26H20FN3O/c1-17-14-20(15-21(16-28)26(31)29-23-12-10-22(27)11-13-23)18(2)30(17)25-9-5-7-19-6-3-4-8-24(19)25/h3-15H,1-2H3,(H,29,31)/b21-15-. The van der Waals surface area contributed by atoms with E-state index in [4.69, 9.17) is 0 Å². The van der Waals surface area contributed by atoms with Gasteiger partial charge in [-0.15, -0.1) is 0 Å². The topological polar surface area (TPSA) is 57.8 Å². The summed E-state index contributed by atoms with van der Waals surface area (Å²) in [5.74, 6) is -0.931. The van der Waals surface area contributed by atoms with Crippen LogP contribution in [0.5, 0.6) is 0 Å². The second-order valence-electron chi connectivity index (χ2n) is 7.29. The molecule has 0 bridgehead atoms. The number of hydrogen-bond donors (Lipinski definition) is 1. The minimum absolute atomic E-state index is 0.0255. The maximum Gasteiger partial charge on any atom is 0.266 e. The van der Waals surface area contributed by atoms with Gasteiger partial charge in [0.2, 0.25) is 0 Å². The van der Waals surface area contributed by atoms with Crippen molar-refractivity contribution in [1.82, 2.24) is 4.57 Å². The predicted octanol–water partition coefficient (Wildman–Crippen LogP) is 5.93. The molecule has 0 atom stereocenters. The van der Waals surface area contributed by atoms with Crippen molar-refractivity contribution in [2.45, 2.75) is 13.8 Å². The number of carbonyl (C=O) groups excluding carboxylic acids is 1. The minimum atomic E-state index is -0.538. The number of aromatic nitrogens is 1. The van der Waals surface area contributed by atoms with E-state index >= 15 is 0 Å². The van der Waals surface area contributed by atoms with Crippen LogP contribution in [0.4, 0.5) is 10.1 Å². The van der Waals surface area contributed by atoms with E-state index in [1.807, 2.05) is 44.2 Å². The Morgan fingerprint density at radius 2 is 1.74 bits per heavy atom. The Bertz CT molecular complexity index is 1350. The highest BCUT2D eigenvalue weighted by atomic mass is 19.1. The molecule has 31 heavy (non-hydrogen) atoms. The fraction of sp³-hybridized carbons (Fsp3) is 0.0769. The van der Waals surface area contributed by atoms with Crippen LogP contribution < -0.4 is 5.32 Å². The van der Waals surface area contributed by atoms with Crippen LogP contribution in [0.3, 0.4) is 0 Å². The number of halogens is 1.